The van der Waals surface area contributed by atoms with E-state index >= 15 is 0 Å². The molecule has 1 rings (SSSR count). The van der Waals surface area contributed by atoms with Gasteiger partial charge in [0.15, 0.2) is 0 Å². The summed E-state index contributed by atoms with van der Waals surface area (Å²) in [5.74, 6) is 1.29. The molecule has 1 aliphatic carbocycles. The van der Waals surface area contributed by atoms with Crippen LogP contribution in [-0.4, -0.2) is 6.29 Å². The Balaban J connectivity index is 2.87. The van der Waals surface area contributed by atoms with E-state index in [1.807, 2.05) is 6.92 Å². The zero-order valence-corrected chi connectivity index (χ0v) is 11.2. The van der Waals surface area contributed by atoms with E-state index in [9.17, 15) is 4.79 Å². The van der Waals surface area contributed by atoms with Crippen LogP contribution in [-0.2, 0) is 4.79 Å². The summed E-state index contributed by atoms with van der Waals surface area (Å²) >= 11 is 0. The fourth-order valence-corrected chi connectivity index (χ4v) is 2.58. The first-order valence-corrected chi connectivity index (χ1v) is 6.18. The predicted molar refractivity (Wildman–Crippen MR) is 69.2 cm³/mol. The lowest BCUT2D eigenvalue weighted by atomic mass is 9.62. The van der Waals surface area contributed by atoms with Crippen molar-refractivity contribution in [2.24, 2.45) is 17.3 Å². The Morgan fingerprint density at radius 2 is 2.19 bits per heavy atom. The average molecular weight is 220 g/mol. The van der Waals surface area contributed by atoms with Gasteiger partial charge in [-0.25, -0.2) is 0 Å². The van der Waals surface area contributed by atoms with E-state index in [1.54, 1.807) is 0 Å². The van der Waals surface area contributed by atoms with Crippen molar-refractivity contribution in [3.05, 3.63) is 23.3 Å². The Morgan fingerprint density at radius 1 is 1.56 bits per heavy atom. The minimum atomic E-state index is 0.332. The summed E-state index contributed by atoms with van der Waals surface area (Å²) in [5, 5.41) is 0. The van der Waals surface area contributed by atoms with Gasteiger partial charge < -0.3 is 0 Å². The van der Waals surface area contributed by atoms with Gasteiger partial charge in [0.1, 0.15) is 6.29 Å². The molecule has 2 unspecified atom stereocenters. The molecule has 1 heteroatoms. The van der Waals surface area contributed by atoms with Gasteiger partial charge in [0.05, 0.1) is 0 Å². The molecule has 0 saturated heterocycles. The first-order chi connectivity index (χ1) is 7.39. The van der Waals surface area contributed by atoms with Gasteiger partial charge in [-0.15, -0.1) is 0 Å². The van der Waals surface area contributed by atoms with Crippen molar-refractivity contribution in [1.29, 1.82) is 0 Å². The molecular weight excluding hydrogens is 196 g/mol. The molecule has 0 radical (unpaired) electrons. The average Bonchev–Trinajstić information content (AvgIpc) is 2.23. The molecule has 0 bridgehead atoms. The fourth-order valence-electron chi connectivity index (χ4n) is 2.58. The smallest absolute Gasteiger partial charge is 0.145 e. The zero-order valence-electron chi connectivity index (χ0n) is 11.2. The molecule has 0 aromatic carbocycles. The van der Waals surface area contributed by atoms with E-state index in [0.717, 1.165) is 18.3 Å². The molecule has 0 heterocycles. The second kappa shape index (κ2) is 4.99. The minimum absolute atomic E-state index is 0.332. The molecule has 0 aromatic rings. The highest BCUT2D eigenvalue weighted by Crippen LogP contribution is 2.46. The van der Waals surface area contributed by atoms with Crippen molar-refractivity contribution >= 4 is 6.29 Å². The number of carbonyl (C=O) groups is 1. The number of hydrogen-bond acceptors (Lipinski definition) is 1. The quantitative estimate of drug-likeness (QED) is 0.397. The first-order valence-electron chi connectivity index (χ1n) is 6.18. The van der Waals surface area contributed by atoms with Crippen molar-refractivity contribution in [3.63, 3.8) is 0 Å². The topological polar surface area (TPSA) is 17.1 Å². The molecule has 2 atom stereocenters. The third-order valence-electron chi connectivity index (χ3n) is 4.37. The lowest BCUT2D eigenvalue weighted by Crippen LogP contribution is -2.34. The van der Waals surface area contributed by atoms with Crippen LogP contribution in [0.3, 0.4) is 0 Å². The van der Waals surface area contributed by atoms with Crippen LogP contribution in [0.15, 0.2) is 23.3 Å². The van der Waals surface area contributed by atoms with Gasteiger partial charge in [0.25, 0.3) is 0 Å². The Morgan fingerprint density at radius 3 is 2.75 bits per heavy atom. The number of allylic oxidation sites excluding steroid dienone is 4. The van der Waals surface area contributed by atoms with Crippen molar-refractivity contribution in [3.8, 4) is 0 Å². The van der Waals surface area contributed by atoms with Crippen LogP contribution >= 0.6 is 0 Å². The maximum atomic E-state index is 10.6. The first kappa shape index (κ1) is 13.2. The largest absolute Gasteiger partial charge is 0.298 e. The molecule has 0 amide bonds. The van der Waals surface area contributed by atoms with Crippen LogP contribution < -0.4 is 0 Å². The van der Waals surface area contributed by atoms with Crippen LogP contribution in [0.5, 0.6) is 0 Å². The Bertz CT molecular complexity index is 320. The van der Waals surface area contributed by atoms with Gasteiger partial charge in [-0.2, -0.15) is 0 Å². The summed E-state index contributed by atoms with van der Waals surface area (Å²) in [4.78, 5) is 10.6. The van der Waals surface area contributed by atoms with Crippen LogP contribution in [0.2, 0.25) is 0 Å². The van der Waals surface area contributed by atoms with Gasteiger partial charge in [-0.1, -0.05) is 38.5 Å². The molecule has 0 N–H and O–H groups in total. The molecular formula is C15H24O. The van der Waals surface area contributed by atoms with Gasteiger partial charge in [-0.05, 0) is 49.5 Å². The predicted octanol–water partition coefficient (Wildman–Crippen LogP) is 4.15. The van der Waals surface area contributed by atoms with E-state index in [-0.39, 0.29) is 0 Å². The van der Waals surface area contributed by atoms with Gasteiger partial charge in [0, 0.05) is 0 Å². The molecule has 16 heavy (non-hydrogen) atoms. The van der Waals surface area contributed by atoms with E-state index in [0.29, 0.717) is 17.3 Å². The Hall–Kier alpha value is -0.850. The molecule has 0 spiro atoms. The summed E-state index contributed by atoms with van der Waals surface area (Å²) in [6.07, 6.45) is 7.56. The van der Waals surface area contributed by atoms with E-state index < -0.39 is 0 Å². The zero-order chi connectivity index (χ0) is 12.3. The van der Waals surface area contributed by atoms with E-state index in [2.05, 4.69) is 39.8 Å². The van der Waals surface area contributed by atoms with Crippen LogP contribution in [0.25, 0.3) is 0 Å². The number of aldehydes is 1. The van der Waals surface area contributed by atoms with Gasteiger partial charge >= 0.3 is 0 Å². The Labute approximate surface area is 99.6 Å². The second-order valence-electron chi connectivity index (χ2n) is 5.76. The standard InChI is InChI=1S/C15H24O/c1-11(10-16)6-9-14-12(2)7-8-13(3)15(14,4)5/h6-7,10,13-14H,8-9H2,1-5H3/b11-6+. The SMILES string of the molecule is CC1=CCC(C)C(C)(C)C1C/C=C(\C)C=O. The number of rotatable bonds is 3. The lowest BCUT2D eigenvalue weighted by molar-refractivity contribution is -0.104. The number of hydrogen-bond donors (Lipinski definition) is 0. The highest BCUT2D eigenvalue weighted by molar-refractivity contribution is 5.71. The van der Waals surface area contributed by atoms with E-state index in [4.69, 9.17) is 0 Å². The van der Waals surface area contributed by atoms with Crippen LogP contribution in [0.4, 0.5) is 0 Å². The van der Waals surface area contributed by atoms with E-state index in [1.165, 1.54) is 12.0 Å². The van der Waals surface area contributed by atoms with Crippen molar-refractivity contribution in [1.82, 2.24) is 0 Å². The molecule has 90 valence electrons. The molecule has 0 aromatic heterocycles. The third kappa shape index (κ3) is 2.63. The highest BCUT2D eigenvalue weighted by atomic mass is 16.1. The molecule has 0 aliphatic heterocycles. The van der Waals surface area contributed by atoms with Crippen LogP contribution in [0, 0.1) is 17.3 Å². The fraction of sp³-hybridized carbons (Fsp3) is 0.667. The minimum Gasteiger partial charge on any atom is -0.298 e. The summed E-state index contributed by atoms with van der Waals surface area (Å²) in [6, 6.07) is 0. The van der Waals surface area contributed by atoms with Crippen molar-refractivity contribution < 1.29 is 4.79 Å². The summed E-state index contributed by atoms with van der Waals surface area (Å²) in [7, 11) is 0. The monoisotopic (exact) mass is 220 g/mol. The summed E-state index contributed by atoms with van der Waals surface area (Å²) < 4.78 is 0. The van der Waals surface area contributed by atoms with Crippen LogP contribution in [0.1, 0.15) is 47.5 Å². The molecule has 0 fully saturated rings. The summed E-state index contributed by atoms with van der Waals surface area (Å²) in [6.45, 7) is 11.1. The third-order valence-corrected chi connectivity index (χ3v) is 4.37. The normalized spacial score (nSPS) is 29.8. The molecule has 1 nitrogen and oxygen atoms in total. The van der Waals surface area contributed by atoms with Crippen molar-refractivity contribution in [2.75, 3.05) is 0 Å². The molecule has 0 saturated carbocycles. The number of carbonyl (C=O) groups excluding carboxylic acids is 1. The van der Waals surface area contributed by atoms with Crippen molar-refractivity contribution in [2.45, 2.75) is 47.5 Å². The lowest BCUT2D eigenvalue weighted by Gasteiger charge is -2.43. The molecule has 1 aliphatic rings. The second-order valence-corrected chi connectivity index (χ2v) is 5.76. The maximum Gasteiger partial charge on any atom is 0.145 e. The van der Waals surface area contributed by atoms with Gasteiger partial charge in [0.2, 0.25) is 0 Å². The van der Waals surface area contributed by atoms with Gasteiger partial charge in [-0.3, -0.25) is 4.79 Å². The summed E-state index contributed by atoms with van der Waals surface area (Å²) in [5.41, 5.74) is 2.67. The highest BCUT2D eigenvalue weighted by Gasteiger charge is 2.37. The maximum absolute atomic E-state index is 10.6. The Kier molecular flexibility index (Phi) is 4.12.